The van der Waals surface area contributed by atoms with E-state index in [2.05, 4.69) is 27.9 Å². The number of fused-ring (bicyclic) bond motifs is 1. The zero-order valence-electron chi connectivity index (χ0n) is 22.9. The fourth-order valence-corrected chi connectivity index (χ4v) is 3.89. The molecule has 2 N–H and O–H groups in total. The minimum Gasteiger partial charge on any atom is -0.445 e. The first-order chi connectivity index (χ1) is 19.2. The Bertz CT molecular complexity index is 1060. The lowest BCUT2D eigenvalue weighted by atomic mass is 10.2. The number of amides is 5. The fourth-order valence-electron chi connectivity index (χ4n) is 3.89. The van der Waals surface area contributed by atoms with Gasteiger partial charge in [0.15, 0.2) is 0 Å². The molecule has 2 fully saturated rings. The van der Waals surface area contributed by atoms with Crippen molar-refractivity contribution in [2.75, 3.05) is 59.6 Å². The summed E-state index contributed by atoms with van der Waals surface area (Å²) >= 11 is 0. The number of nitrogens with zero attached hydrogens (tertiary/aromatic N) is 4. The number of piperazine rings is 1. The zero-order chi connectivity index (χ0) is 29.5. The number of nitrogens with one attached hydrogen (secondary N) is 2. The maximum absolute atomic E-state index is 13.1. The summed E-state index contributed by atoms with van der Waals surface area (Å²) in [5.41, 5.74) is 0.739. The molecule has 0 radical (unpaired) electrons. The van der Waals surface area contributed by atoms with Crippen LogP contribution in [0.1, 0.15) is 18.9 Å². The van der Waals surface area contributed by atoms with Gasteiger partial charge in [0.2, 0.25) is 11.8 Å². The van der Waals surface area contributed by atoms with E-state index in [4.69, 9.17) is 11.2 Å². The first kappa shape index (κ1) is 32.1. The Kier molecular flexibility index (Phi) is 13.4. The third kappa shape index (κ3) is 9.87. The number of benzene rings is 1. The standard InChI is InChI=1S/C20H24FN5O4.C7H13NO2/c1-3-9-30-10-8-24-12-17-25(14-18(24)27)19(28)13-23(2)26(17)20(29)22-11-15-4-6-16(21)7-5-15;1-3-5-8-7(9)10-6-4-2/h1,4-7,17H,8-14H2,2H3,(H,22,29);4H,2-3,5-6H2,1H3,(H,8,9). The normalized spacial score (nSPS) is 16.8. The molecule has 2 aliphatic rings. The first-order valence-electron chi connectivity index (χ1n) is 12.8. The molecule has 1 aromatic carbocycles. The smallest absolute Gasteiger partial charge is 0.407 e. The van der Waals surface area contributed by atoms with Gasteiger partial charge in [-0.05, 0) is 24.1 Å². The second-order valence-electron chi connectivity index (χ2n) is 8.86. The summed E-state index contributed by atoms with van der Waals surface area (Å²) < 4.78 is 22.9. The molecule has 218 valence electrons. The average Bonchev–Trinajstić information content (AvgIpc) is 2.93. The van der Waals surface area contributed by atoms with Crippen molar-refractivity contribution in [1.82, 2.24) is 30.5 Å². The van der Waals surface area contributed by atoms with Crippen LogP contribution >= 0.6 is 0 Å². The largest absolute Gasteiger partial charge is 0.445 e. The molecule has 5 amide bonds. The van der Waals surface area contributed by atoms with Gasteiger partial charge in [0.1, 0.15) is 31.7 Å². The summed E-state index contributed by atoms with van der Waals surface area (Å²) in [4.78, 5) is 51.3. The van der Waals surface area contributed by atoms with Gasteiger partial charge in [-0.25, -0.2) is 24.0 Å². The molecule has 1 unspecified atom stereocenters. The second-order valence-corrected chi connectivity index (χ2v) is 8.86. The van der Waals surface area contributed by atoms with Crippen molar-refractivity contribution >= 4 is 23.9 Å². The maximum Gasteiger partial charge on any atom is 0.407 e. The topological polar surface area (TPSA) is 124 Å². The SMILES string of the molecule is C#CCOCCN1CC2N(CC1=O)C(=O)CN(C)N2C(=O)NCc1ccc(F)cc1.C=CCOC(=O)NCCC. The Morgan fingerprint density at radius 2 is 1.93 bits per heavy atom. The van der Waals surface area contributed by atoms with E-state index in [-0.39, 0.29) is 69.7 Å². The molecule has 0 aromatic heterocycles. The van der Waals surface area contributed by atoms with Crippen LogP contribution in [-0.4, -0.2) is 110 Å². The predicted octanol–water partition coefficient (Wildman–Crippen LogP) is 1.15. The number of likely N-dealkylation sites (N-methyl/N-ethyl adjacent to an activating group) is 1. The lowest BCUT2D eigenvalue weighted by Crippen LogP contribution is -2.73. The molecular formula is C27H37FN6O6. The molecule has 0 saturated carbocycles. The third-order valence-corrected chi connectivity index (χ3v) is 5.84. The number of alkyl carbamates (subject to hydrolysis) is 1. The molecule has 13 heteroatoms. The van der Waals surface area contributed by atoms with Crippen molar-refractivity contribution in [3.05, 3.63) is 48.3 Å². The lowest BCUT2D eigenvalue weighted by molar-refractivity contribution is -0.178. The molecule has 2 saturated heterocycles. The summed E-state index contributed by atoms with van der Waals surface area (Å²) in [5.74, 6) is 1.58. The molecule has 1 atom stereocenters. The quantitative estimate of drug-likeness (QED) is 0.250. The summed E-state index contributed by atoms with van der Waals surface area (Å²) in [7, 11) is 1.64. The molecule has 0 spiro atoms. The van der Waals surface area contributed by atoms with E-state index in [1.54, 1.807) is 24.1 Å². The van der Waals surface area contributed by atoms with Crippen molar-refractivity contribution in [1.29, 1.82) is 0 Å². The Labute approximate surface area is 234 Å². The van der Waals surface area contributed by atoms with Gasteiger partial charge >= 0.3 is 12.1 Å². The van der Waals surface area contributed by atoms with E-state index in [9.17, 15) is 23.6 Å². The summed E-state index contributed by atoms with van der Waals surface area (Å²) in [6.07, 6.45) is 6.60. The lowest BCUT2D eigenvalue weighted by Gasteiger charge is -2.51. The molecule has 40 heavy (non-hydrogen) atoms. The Morgan fingerprint density at radius 3 is 2.58 bits per heavy atom. The van der Waals surface area contributed by atoms with Gasteiger partial charge in [-0.2, -0.15) is 0 Å². The van der Waals surface area contributed by atoms with E-state index in [0.29, 0.717) is 13.1 Å². The van der Waals surface area contributed by atoms with Gasteiger partial charge in [0.25, 0.3) is 0 Å². The van der Waals surface area contributed by atoms with Crippen LogP contribution < -0.4 is 10.6 Å². The zero-order valence-corrected chi connectivity index (χ0v) is 22.9. The molecule has 2 heterocycles. The van der Waals surface area contributed by atoms with Gasteiger partial charge in [0.05, 0.1) is 19.7 Å². The van der Waals surface area contributed by atoms with Gasteiger partial charge in [-0.1, -0.05) is 37.6 Å². The minimum absolute atomic E-state index is 0.0149. The van der Waals surface area contributed by atoms with Gasteiger partial charge < -0.3 is 29.9 Å². The van der Waals surface area contributed by atoms with Crippen LogP contribution in [0.2, 0.25) is 0 Å². The van der Waals surface area contributed by atoms with Gasteiger partial charge in [0, 0.05) is 26.7 Å². The number of hydrogen-bond donors (Lipinski definition) is 2. The Hall–Kier alpha value is -4.15. The average molecular weight is 561 g/mol. The van der Waals surface area contributed by atoms with Crippen LogP contribution in [0.5, 0.6) is 0 Å². The van der Waals surface area contributed by atoms with Crippen molar-refractivity contribution in [3.63, 3.8) is 0 Å². The van der Waals surface area contributed by atoms with E-state index in [1.165, 1.54) is 33.1 Å². The van der Waals surface area contributed by atoms with Crippen LogP contribution in [0, 0.1) is 18.2 Å². The highest BCUT2D eigenvalue weighted by atomic mass is 19.1. The van der Waals surface area contributed by atoms with Crippen molar-refractivity contribution in [3.8, 4) is 12.3 Å². The number of urea groups is 1. The van der Waals surface area contributed by atoms with Crippen LogP contribution in [0.4, 0.5) is 14.0 Å². The summed E-state index contributed by atoms with van der Waals surface area (Å²) in [5, 5.41) is 8.32. The fraction of sp³-hybridized carbons (Fsp3) is 0.481. The molecule has 0 bridgehead atoms. The highest BCUT2D eigenvalue weighted by Crippen LogP contribution is 2.21. The van der Waals surface area contributed by atoms with E-state index < -0.39 is 12.2 Å². The monoisotopic (exact) mass is 560 g/mol. The van der Waals surface area contributed by atoms with Crippen LogP contribution in [0.25, 0.3) is 0 Å². The van der Waals surface area contributed by atoms with Gasteiger partial charge in [-0.15, -0.1) is 6.42 Å². The minimum atomic E-state index is -0.630. The number of hydrogen-bond acceptors (Lipinski definition) is 7. The molecule has 2 aliphatic heterocycles. The molecule has 12 nitrogen and oxygen atoms in total. The Balaban J connectivity index is 0.000000478. The summed E-state index contributed by atoms with van der Waals surface area (Å²) in [6.45, 7) is 7.30. The van der Waals surface area contributed by atoms with E-state index in [1.807, 2.05) is 6.92 Å². The number of halogens is 1. The number of carbonyl (C=O) groups is 4. The first-order valence-corrected chi connectivity index (χ1v) is 12.8. The summed E-state index contributed by atoms with van der Waals surface area (Å²) in [6, 6.07) is 5.40. The number of ether oxygens (including phenoxy) is 2. The van der Waals surface area contributed by atoms with Crippen LogP contribution in [-0.2, 0) is 25.6 Å². The second kappa shape index (κ2) is 16.7. The van der Waals surface area contributed by atoms with Crippen LogP contribution in [0.15, 0.2) is 36.9 Å². The number of carbonyl (C=O) groups excluding carboxylic acids is 4. The number of rotatable bonds is 10. The number of hydrazine groups is 1. The molecule has 3 rings (SSSR count). The number of terminal acetylenes is 1. The highest BCUT2D eigenvalue weighted by Gasteiger charge is 2.45. The van der Waals surface area contributed by atoms with E-state index in [0.717, 1.165) is 12.0 Å². The Morgan fingerprint density at radius 1 is 1.20 bits per heavy atom. The van der Waals surface area contributed by atoms with E-state index >= 15 is 0 Å². The van der Waals surface area contributed by atoms with Gasteiger partial charge in [-0.3, -0.25) is 9.59 Å². The van der Waals surface area contributed by atoms with Crippen molar-refractivity contribution in [2.24, 2.45) is 0 Å². The maximum atomic E-state index is 13.1. The predicted molar refractivity (Wildman–Crippen MR) is 145 cm³/mol. The highest BCUT2D eigenvalue weighted by molar-refractivity contribution is 5.89. The molecule has 1 aromatic rings. The molecule has 0 aliphatic carbocycles. The van der Waals surface area contributed by atoms with Crippen molar-refractivity contribution in [2.45, 2.75) is 26.1 Å². The molecular weight excluding hydrogens is 523 g/mol. The van der Waals surface area contributed by atoms with Crippen molar-refractivity contribution < 1.29 is 33.0 Å². The van der Waals surface area contributed by atoms with Crippen LogP contribution in [0.3, 0.4) is 0 Å². The third-order valence-electron chi connectivity index (χ3n) is 5.84.